The van der Waals surface area contributed by atoms with Crippen LogP contribution in [0.2, 0.25) is 5.02 Å². The molecule has 0 radical (unpaired) electrons. The molecular weight excluding hydrogens is 371 g/mol. The van der Waals surface area contributed by atoms with E-state index < -0.39 is 15.8 Å². The number of hydrogen-bond acceptors (Lipinski definition) is 4. The van der Waals surface area contributed by atoms with Gasteiger partial charge in [-0.2, -0.15) is 4.31 Å². The number of carbonyl (C=O) groups excluding carboxylic acids is 1. The van der Waals surface area contributed by atoms with Crippen LogP contribution in [0.5, 0.6) is 0 Å². The molecule has 6 nitrogen and oxygen atoms in total. The summed E-state index contributed by atoms with van der Waals surface area (Å²) >= 11 is 5.71. The van der Waals surface area contributed by atoms with Gasteiger partial charge in [0.15, 0.2) is 0 Å². The molecule has 138 valence electrons. The van der Waals surface area contributed by atoms with Gasteiger partial charge in [0.2, 0.25) is 15.9 Å². The van der Waals surface area contributed by atoms with Crippen LogP contribution in [-0.4, -0.2) is 62.9 Å². The summed E-state index contributed by atoms with van der Waals surface area (Å²) in [4.78, 5) is 14.3. The molecule has 0 bridgehead atoms. The van der Waals surface area contributed by atoms with E-state index in [1.54, 1.807) is 4.90 Å². The number of rotatable bonds is 3. The molecule has 2 aliphatic heterocycles. The molecule has 2 aliphatic rings. The maximum absolute atomic E-state index is 13.3. The van der Waals surface area contributed by atoms with Crippen LogP contribution in [0.4, 0.5) is 4.39 Å². The lowest BCUT2D eigenvalue weighted by molar-refractivity contribution is -0.140. The second-order valence-electron chi connectivity index (χ2n) is 6.22. The predicted molar refractivity (Wildman–Crippen MR) is 90.3 cm³/mol. The van der Waals surface area contributed by atoms with E-state index in [1.165, 1.54) is 10.4 Å². The molecule has 1 aromatic carbocycles. The Morgan fingerprint density at radius 3 is 2.64 bits per heavy atom. The number of carbonyl (C=O) groups is 1. The second-order valence-corrected chi connectivity index (χ2v) is 8.56. The molecule has 0 aliphatic carbocycles. The normalized spacial score (nSPS) is 22.8. The Kier molecular flexibility index (Phi) is 5.62. The molecule has 1 aromatic rings. The van der Waals surface area contributed by atoms with Gasteiger partial charge in [0.25, 0.3) is 0 Å². The van der Waals surface area contributed by atoms with Crippen molar-refractivity contribution >= 4 is 27.5 Å². The van der Waals surface area contributed by atoms with E-state index in [4.69, 9.17) is 16.3 Å². The van der Waals surface area contributed by atoms with E-state index in [2.05, 4.69) is 0 Å². The second kappa shape index (κ2) is 7.57. The molecule has 0 spiro atoms. The first-order chi connectivity index (χ1) is 11.9. The molecule has 1 unspecified atom stereocenters. The number of nitrogens with zero attached hydrogens (tertiary/aromatic N) is 2. The molecule has 0 N–H and O–H groups in total. The number of morpholine rings is 1. The summed E-state index contributed by atoms with van der Waals surface area (Å²) in [7, 11) is -3.81. The average Bonchev–Trinajstić information content (AvgIpc) is 2.64. The standard InChI is InChI=1S/C16H20ClFN2O4S/c17-14-10-13(3-4-15(14)18)25(22,23)20-5-1-2-12(11-20)16(21)19-6-8-24-9-7-19/h3-4,10,12H,1-2,5-9,11H2. The molecule has 2 heterocycles. The lowest BCUT2D eigenvalue weighted by Gasteiger charge is -2.35. The highest BCUT2D eigenvalue weighted by Gasteiger charge is 2.35. The Labute approximate surface area is 151 Å². The monoisotopic (exact) mass is 390 g/mol. The van der Waals surface area contributed by atoms with Crippen LogP contribution >= 0.6 is 11.6 Å². The van der Waals surface area contributed by atoms with Gasteiger partial charge in [-0.15, -0.1) is 0 Å². The third-order valence-electron chi connectivity index (χ3n) is 4.58. The van der Waals surface area contributed by atoms with Crippen molar-refractivity contribution in [2.45, 2.75) is 17.7 Å². The first-order valence-electron chi connectivity index (χ1n) is 8.21. The van der Waals surface area contributed by atoms with Crippen LogP contribution in [-0.2, 0) is 19.6 Å². The van der Waals surface area contributed by atoms with Gasteiger partial charge in [-0.05, 0) is 31.0 Å². The van der Waals surface area contributed by atoms with Gasteiger partial charge in [-0.1, -0.05) is 11.6 Å². The number of ether oxygens (including phenoxy) is 1. The minimum atomic E-state index is -3.81. The van der Waals surface area contributed by atoms with Crippen molar-refractivity contribution in [2.75, 3.05) is 39.4 Å². The minimum Gasteiger partial charge on any atom is -0.378 e. The number of benzene rings is 1. The molecule has 1 amide bonds. The van der Waals surface area contributed by atoms with Crippen LogP contribution in [0, 0.1) is 11.7 Å². The van der Waals surface area contributed by atoms with Crippen molar-refractivity contribution in [3.63, 3.8) is 0 Å². The van der Waals surface area contributed by atoms with Gasteiger partial charge < -0.3 is 9.64 Å². The predicted octanol–water partition coefficient (Wildman–Crippen LogP) is 1.74. The maximum Gasteiger partial charge on any atom is 0.243 e. The van der Waals surface area contributed by atoms with Gasteiger partial charge >= 0.3 is 0 Å². The number of hydrogen-bond donors (Lipinski definition) is 0. The summed E-state index contributed by atoms with van der Waals surface area (Å²) in [5.41, 5.74) is 0. The van der Waals surface area contributed by atoms with E-state index >= 15 is 0 Å². The smallest absolute Gasteiger partial charge is 0.243 e. The summed E-state index contributed by atoms with van der Waals surface area (Å²) in [5.74, 6) is -1.06. The molecular formula is C16H20ClFN2O4S. The number of amides is 1. The quantitative estimate of drug-likeness (QED) is 0.788. The van der Waals surface area contributed by atoms with Gasteiger partial charge in [0.05, 0.1) is 29.0 Å². The van der Waals surface area contributed by atoms with Crippen molar-refractivity contribution < 1.29 is 22.3 Å². The Balaban J connectivity index is 1.75. The fourth-order valence-corrected chi connectivity index (χ4v) is 4.99. The molecule has 2 saturated heterocycles. The molecule has 1 atom stereocenters. The van der Waals surface area contributed by atoms with Crippen molar-refractivity contribution in [2.24, 2.45) is 5.92 Å². The van der Waals surface area contributed by atoms with Crippen LogP contribution in [0.15, 0.2) is 23.1 Å². The van der Waals surface area contributed by atoms with Gasteiger partial charge in [0, 0.05) is 26.2 Å². The van der Waals surface area contributed by atoms with Crippen molar-refractivity contribution in [1.29, 1.82) is 0 Å². The van der Waals surface area contributed by atoms with Crippen LogP contribution in [0.3, 0.4) is 0 Å². The summed E-state index contributed by atoms with van der Waals surface area (Å²) < 4.78 is 45.4. The van der Waals surface area contributed by atoms with Crippen molar-refractivity contribution in [3.8, 4) is 0 Å². The fourth-order valence-electron chi connectivity index (χ4n) is 3.19. The van der Waals surface area contributed by atoms with E-state index in [-0.39, 0.29) is 28.3 Å². The first kappa shape index (κ1) is 18.6. The highest BCUT2D eigenvalue weighted by molar-refractivity contribution is 7.89. The van der Waals surface area contributed by atoms with E-state index in [1.807, 2.05) is 0 Å². The molecule has 2 fully saturated rings. The van der Waals surface area contributed by atoms with Gasteiger partial charge in [-0.25, -0.2) is 12.8 Å². The van der Waals surface area contributed by atoms with Crippen molar-refractivity contribution in [3.05, 3.63) is 29.0 Å². The van der Waals surface area contributed by atoms with Crippen LogP contribution < -0.4 is 0 Å². The van der Waals surface area contributed by atoms with Gasteiger partial charge in [-0.3, -0.25) is 4.79 Å². The summed E-state index contributed by atoms with van der Waals surface area (Å²) in [6.07, 6.45) is 1.27. The Morgan fingerprint density at radius 2 is 1.96 bits per heavy atom. The third kappa shape index (κ3) is 3.97. The lowest BCUT2D eigenvalue weighted by Crippen LogP contribution is -2.49. The zero-order valence-electron chi connectivity index (χ0n) is 13.7. The van der Waals surface area contributed by atoms with E-state index in [0.717, 1.165) is 12.1 Å². The van der Waals surface area contributed by atoms with Gasteiger partial charge in [0.1, 0.15) is 5.82 Å². The molecule has 0 saturated carbocycles. The molecule has 25 heavy (non-hydrogen) atoms. The third-order valence-corrected chi connectivity index (χ3v) is 6.74. The summed E-state index contributed by atoms with van der Waals surface area (Å²) in [5, 5.41) is -0.237. The highest BCUT2D eigenvalue weighted by atomic mass is 35.5. The minimum absolute atomic E-state index is 0.0275. The Bertz CT molecular complexity index is 753. The molecule has 9 heteroatoms. The zero-order chi connectivity index (χ0) is 18.0. The average molecular weight is 391 g/mol. The fraction of sp³-hybridized carbons (Fsp3) is 0.562. The highest BCUT2D eigenvalue weighted by Crippen LogP contribution is 2.27. The summed E-state index contributed by atoms with van der Waals surface area (Å²) in [6.45, 7) is 2.56. The summed E-state index contributed by atoms with van der Waals surface area (Å²) in [6, 6.07) is 3.35. The van der Waals surface area contributed by atoms with Crippen molar-refractivity contribution in [1.82, 2.24) is 9.21 Å². The van der Waals surface area contributed by atoms with Crippen LogP contribution in [0.25, 0.3) is 0 Å². The zero-order valence-corrected chi connectivity index (χ0v) is 15.2. The Morgan fingerprint density at radius 1 is 1.24 bits per heavy atom. The topological polar surface area (TPSA) is 66.9 Å². The number of piperidine rings is 1. The lowest BCUT2D eigenvalue weighted by atomic mass is 9.98. The Hall–Kier alpha value is -1.22. The SMILES string of the molecule is O=C(C1CCCN(S(=O)(=O)c2ccc(F)c(Cl)c2)C1)N1CCOCC1. The van der Waals surface area contributed by atoms with Crippen LogP contribution in [0.1, 0.15) is 12.8 Å². The first-order valence-corrected chi connectivity index (χ1v) is 10.0. The molecule has 0 aromatic heterocycles. The maximum atomic E-state index is 13.3. The largest absolute Gasteiger partial charge is 0.378 e. The number of sulfonamides is 1. The number of halogens is 2. The van der Waals surface area contributed by atoms with E-state index in [9.17, 15) is 17.6 Å². The molecule has 3 rings (SSSR count). The van der Waals surface area contributed by atoms with E-state index in [0.29, 0.717) is 45.7 Å².